The number of hydrogen-bond donors (Lipinski definition) is 0. The Hall–Kier alpha value is -4.50. The van der Waals surface area contributed by atoms with Crippen molar-refractivity contribution in [3.8, 4) is 5.75 Å². The second-order valence-electron chi connectivity index (χ2n) is 9.30. The van der Waals surface area contributed by atoms with Gasteiger partial charge in [0.2, 0.25) is 5.76 Å². The van der Waals surface area contributed by atoms with Gasteiger partial charge in [-0.05, 0) is 60.9 Å². The minimum Gasteiger partial charge on any atom is -0.457 e. The lowest BCUT2D eigenvalue weighted by Gasteiger charge is -2.30. The van der Waals surface area contributed by atoms with Crippen molar-refractivity contribution in [2.24, 2.45) is 17.8 Å². The number of furan rings is 1. The Morgan fingerprint density at radius 3 is 2.44 bits per heavy atom. The number of halogens is 1. The van der Waals surface area contributed by atoms with Gasteiger partial charge in [0, 0.05) is 5.56 Å². The van der Waals surface area contributed by atoms with E-state index in [2.05, 4.69) is 0 Å². The molecule has 0 radical (unpaired) electrons. The lowest BCUT2D eigenvalue weighted by molar-refractivity contribution is -0.154. The van der Waals surface area contributed by atoms with Gasteiger partial charge in [0.15, 0.2) is 5.78 Å². The van der Waals surface area contributed by atoms with Crippen LogP contribution in [0.15, 0.2) is 83.5 Å². The van der Waals surface area contributed by atoms with Crippen molar-refractivity contribution in [2.45, 2.75) is 13.3 Å². The summed E-state index contributed by atoms with van der Waals surface area (Å²) in [5.74, 6) is -4.30. The maximum absolute atomic E-state index is 13.6. The monoisotopic (exact) mass is 546 g/mol. The molecule has 0 bridgehead atoms. The van der Waals surface area contributed by atoms with Gasteiger partial charge in [0.05, 0.1) is 28.7 Å². The molecule has 0 saturated carbocycles. The van der Waals surface area contributed by atoms with Gasteiger partial charge in [0.1, 0.15) is 12.3 Å². The Balaban J connectivity index is 1.41. The summed E-state index contributed by atoms with van der Waals surface area (Å²) in [7, 11) is 0. The molecule has 10 heteroatoms. The molecule has 0 spiro atoms. The van der Waals surface area contributed by atoms with Crippen LogP contribution >= 0.6 is 11.6 Å². The first-order valence-corrected chi connectivity index (χ1v) is 12.6. The predicted molar refractivity (Wildman–Crippen MR) is 139 cm³/mol. The summed E-state index contributed by atoms with van der Waals surface area (Å²) >= 11 is 6.26. The van der Waals surface area contributed by atoms with Crippen molar-refractivity contribution in [3.63, 3.8) is 0 Å². The normalized spacial score (nSPS) is 20.1. The van der Waals surface area contributed by atoms with Crippen LogP contribution in [0.2, 0.25) is 5.02 Å². The molecule has 39 heavy (non-hydrogen) atoms. The van der Waals surface area contributed by atoms with Gasteiger partial charge in [-0.2, -0.15) is 5.01 Å². The summed E-state index contributed by atoms with van der Waals surface area (Å²) in [6.45, 7) is 1.25. The van der Waals surface area contributed by atoms with Gasteiger partial charge < -0.3 is 9.15 Å². The molecule has 9 nitrogen and oxygen atoms in total. The summed E-state index contributed by atoms with van der Waals surface area (Å²) in [5.41, 5.74) is 0.227. The molecule has 2 aliphatic rings. The molecule has 3 atom stereocenters. The molecular formula is C29H23ClN2O7. The zero-order valence-corrected chi connectivity index (χ0v) is 21.5. The molecule has 0 unspecified atom stereocenters. The molecule has 3 amide bonds. The standard InChI is InChI=1S/C29H23ClN2O7/c1-17-6-4-8-21-25(17)28(36)32(27(21)35)31(26(34)20-7-2-3-9-22(20)30)16-23(33)18-11-13-19(14-12-18)39-29(37)24-10-5-15-38-24/h2-7,9-15,17,21,25H,8,16H2,1H3/t17-,21-,25+/m1/s1. The Bertz CT molecular complexity index is 1480. The number of nitrogens with zero attached hydrogens (tertiary/aromatic N) is 2. The number of hydrogen-bond acceptors (Lipinski definition) is 7. The first-order valence-electron chi connectivity index (χ1n) is 12.3. The maximum atomic E-state index is 13.6. The first-order chi connectivity index (χ1) is 18.8. The van der Waals surface area contributed by atoms with E-state index in [4.69, 9.17) is 20.8 Å². The number of carbonyl (C=O) groups excluding carboxylic acids is 5. The Morgan fingerprint density at radius 2 is 1.77 bits per heavy atom. The molecule has 1 aliphatic heterocycles. The number of amides is 3. The van der Waals surface area contributed by atoms with E-state index in [1.165, 1.54) is 48.7 Å². The topological polar surface area (TPSA) is 114 Å². The molecule has 1 aliphatic carbocycles. The van der Waals surface area contributed by atoms with Gasteiger partial charge in [-0.3, -0.25) is 19.2 Å². The van der Waals surface area contributed by atoms with Crippen molar-refractivity contribution in [3.05, 3.63) is 101 Å². The average molecular weight is 547 g/mol. The first kappa shape index (κ1) is 26.1. The molecule has 1 saturated heterocycles. The summed E-state index contributed by atoms with van der Waals surface area (Å²) in [6, 6.07) is 14.9. The fourth-order valence-corrected chi connectivity index (χ4v) is 5.08. The van der Waals surface area contributed by atoms with Gasteiger partial charge in [0.25, 0.3) is 17.7 Å². The molecular weight excluding hydrogens is 524 g/mol. The summed E-state index contributed by atoms with van der Waals surface area (Å²) in [6.07, 6.45) is 5.44. The molecule has 1 aromatic heterocycles. The van der Waals surface area contributed by atoms with E-state index in [0.717, 1.165) is 10.0 Å². The van der Waals surface area contributed by atoms with Crippen molar-refractivity contribution in [1.29, 1.82) is 0 Å². The average Bonchev–Trinajstić information content (AvgIpc) is 3.56. The quantitative estimate of drug-likeness (QED) is 0.140. The van der Waals surface area contributed by atoms with E-state index in [-0.39, 0.29) is 33.6 Å². The predicted octanol–water partition coefficient (Wildman–Crippen LogP) is 4.59. The van der Waals surface area contributed by atoms with Gasteiger partial charge in [-0.25, -0.2) is 9.80 Å². The minimum absolute atomic E-state index is 0.0221. The third kappa shape index (κ3) is 5.00. The molecule has 1 fully saturated rings. The smallest absolute Gasteiger partial charge is 0.379 e. The van der Waals surface area contributed by atoms with Crippen LogP contribution in [0.4, 0.5) is 0 Å². The van der Waals surface area contributed by atoms with E-state index in [1.807, 2.05) is 19.1 Å². The number of ketones is 1. The molecule has 2 heterocycles. The lowest BCUT2D eigenvalue weighted by atomic mass is 9.78. The van der Waals surface area contributed by atoms with Crippen LogP contribution < -0.4 is 4.74 Å². The zero-order chi connectivity index (χ0) is 27.7. The Labute approximate surface area is 228 Å². The van der Waals surface area contributed by atoms with E-state index in [0.29, 0.717) is 6.42 Å². The fraction of sp³-hybridized carbons (Fsp3) is 0.207. The van der Waals surface area contributed by atoms with Crippen LogP contribution in [-0.4, -0.2) is 46.0 Å². The highest BCUT2D eigenvalue weighted by Crippen LogP contribution is 2.39. The number of benzene rings is 2. The summed E-state index contributed by atoms with van der Waals surface area (Å²) < 4.78 is 10.2. The van der Waals surface area contributed by atoms with Crippen molar-refractivity contribution in [1.82, 2.24) is 10.0 Å². The molecule has 5 rings (SSSR count). The minimum atomic E-state index is -0.751. The number of imide groups is 1. The maximum Gasteiger partial charge on any atom is 0.379 e. The number of allylic oxidation sites excluding steroid dienone is 2. The van der Waals surface area contributed by atoms with Crippen LogP contribution in [0.5, 0.6) is 5.75 Å². The van der Waals surface area contributed by atoms with E-state index < -0.39 is 47.9 Å². The highest BCUT2D eigenvalue weighted by molar-refractivity contribution is 6.34. The number of esters is 1. The number of hydrazine groups is 1. The van der Waals surface area contributed by atoms with Gasteiger partial charge in [-0.15, -0.1) is 0 Å². The fourth-order valence-electron chi connectivity index (χ4n) is 4.86. The second kappa shape index (κ2) is 10.7. The van der Waals surface area contributed by atoms with E-state index in [9.17, 15) is 24.0 Å². The van der Waals surface area contributed by atoms with E-state index in [1.54, 1.807) is 18.2 Å². The van der Waals surface area contributed by atoms with Crippen LogP contribution in [0, 0.1) is 17.8 Å². The molecule has 198 valence electrons. The lowest BCUT2D eigenvalue weighted by Crippen LogP contribution is -2.52. The largest absolute Gasteiger partial charge is 0.457 e. The summed E-state index contributed by atoms with van der Waals surface area (Å²) in [4.78, 5) is 65.9. The van der Waals surface area contributed by atoms with Crippen molar-refractivity contribution < 1.29 is 33.1 Å². The van der Waals surface area contributed by atoms with Crippen molar-refractivity contribution >= 4 is 41.1 Å². The number of rotatable bonds is 7. The number of Topliss-reactive ketones (excluding diaryl/α,β-unsaturated/α-hetero) is 1. The third-order valence-corrected chi connectivity index (χ3v) is 7.16. The molecule has 0 N–H and O–H groups in total. The summed E-state index contributed by atoms with van der Waals surface area (Å²) in [5, 5.41) is 1.81. The van der Waals surface area contributed by atoms with Crippen LogP contribution in [0.3, 0.4) is 0 Å². The number of carbonyl (C=O) groups is 5. The highest BCUT2D eigenvalue weighted by atomic mass is 35.5. The SMILES string of the molecule is C[C@@H]1C=CC[C@H]2C(=O)N(N(CC(=O)c3ccc(OC(=O)c4ccco4)cc3)C(=O)c3ccccc3Cl)C(=O)[C@@H]12. The third-order valence-electron chi connectivity index (χ3n) is 6.83. The van der Waals surface area contributed by atoms with E-state index >= 15 is 0 Å². The van der Waals surface area contributed by atoms with Gasteiger partial charge in [-0.1, -0.05) is 42.8 Å². The van der Waals surface area contributed by atoms with Crippen LogP contribution in [-0.2, 0) is 9.59 Å². The molecule has 2 aromatic carbocycles. The van der Waals surface area contributed by atoms with Crippen LogP contribution in [0.1, 0.15) is 44.6 Å². The second-order valence-corrected chi connectivity index (χ2v) is 9.71. The van der Waals surface area contributed by atoms with Gasteiger partial charge >= 0.3 is 5.97 Å². The Kier molecular flexibility index (Phi) is 7.17. The number of fused-ring (bicyclic) bond motifs is 1. The molecule has 3 aromatic rings. The Morgan fingerprint density at radius 1 is 1.03 bits per heavy atom. The zero-order valence-electron chi connectivity index (χ0n) is 20.8. The number of ether oxygens (including phenoxy) is 1. The highest BCUT2D eigenvalue weighted by Gasteiger charge is 2.53. The van der Waals surface area contributed by atoms with Crippen molar-refractivity contribution in [2.75, 3.05) is 6.54 Å². The van der Waals surface area contributed by atoms with Crippen LogP contribution in [0.25, 0.3) is 0 Å².